The molecule has 2 fully saturated rings. The quantitative estimate of drug-likeness (QED) is 0.675. The monoisotopic (exact) mass is 442 g/mol. The van der Waals surface area contributed by atoms with Gasteiger partial charge >= 0.3 is 0 Å². The van der Waals surface area contributed by atoms with Crippen LogP contribution in [0.3, 0.4) is 0 Å². The maximum atomic E-state index is 13.0. The summed E-state index contributed by atoms with van der Waals surface area (Å²) >= 11 is 1.45. The highest BCUT2D eigenvalue weighted by molar-refractivity contribution is 7.99. The highest BCUT2D eigenvalue weighted by Gasteiger charge is 2.29. The van der Waals surface area contributed by atoms with Crippen molar-refractivity contribution in [1.29, 1.82) is 0 Å². The molecule has 31 heavy (non-hydrogen) atoms. The van der Waals surface area contributed by atoms with Crippen LogP contribution in [0.15, 0.2) is 29.4 Å². The average Bonchev–Trinajstić information content (AvgIpc) is 3.10. The van der Waals surface area contributed by atoms with E-state index in [0.29, 0.717) is 5.75 Å². The minimum atomic E-state index is 0.0292. The Balaban J connectivity index is 1.47. The molecule has 2 amide bonds. The highest BCUT2D eigenvalue weighted by atomic mass is 32.2. The Hall–Kier alpha value is -2.02. The second-order valence-corrected chi connectivity index (χ2v) is 10.0. The van der Waals surface area contributed by atoms with E-state index in [-0.39, 0.29) is 36.5 Å². The number of nitrogens with one attached hydrogen (secondary N) is 1. The van der Waals surface area contributed by atoms with Gasteiger partial charge in [-0.15, -0.1) is 0 Å². The first-order chi connectivity index (χ1) is 15.0. The third-order valence-corrected chi connectivity index (χ3v) is 7.66. The third-order valence-electron chi connectivity index (χ3n) is 6.70. The summed E-state index contributed by atoms with van der Waals surface area (Å²) in [4.78, 5) is 32.6. The van der Waals surface area contributed by atoms with Crippen LogP contribution in [-0.4, -0.2) is 50.1 Å². The van der Waals surface area contributed by atoms with E-state index in [2.05, 4.69) is 19.2 Å². The summed E-state index contributed by atoms with van der Waals surface area (Å²) in [6, 6.07) is 8.75. The Labute approximate surface area is 189 Å². The lowest BCUT2D eigenvalue weighted by molar-refractivity contribution is -0.134. The van der Waals surface area contributed by atoms with Gasteiger partial charge in [-0.2, -0.15) is 0 Å². The average molecular weight is 443 g/mol. The van der Waals surface area contributed by atoms with Gasteiger partial charge in [0.1, 0.15) is 6.54 Å². The van der Waals surface area contributed by atoms with Crippen LogP contribution in [0.5, 0.6) is 0 Å². The number of amides is 2. The molecule has 1 aromatic carbocycles. The number of carbonyl (C=O) groups excluding carboxylic acids is 2. The molecule has 1 saturated heterocycles. The number of hydrogen-bond donors (Lipinski definition) is 1. The van der Waals surface area contributed by atoms with Crippen LogP contribution < -0.4 is 5.32 Å². The van der Waals surface area contributed by atoms with E-state index in [0.717, 1.165) is 41.9 Å². The molecule has 1 aliphatic carbocycles. The van der Waals surface area contributed by atoms with Crippen molar-refractivity contribution in [3.8, 4) is 0 Å². The molecular weight excluding hydrogens is 408 g/mol. The molecule has 0 bridgehead atoms. The summed E-state index contributed by atoms with van der Waals surface area (Å²) in [6.07, 6.45) is 9.11. The fourth-order valence-electron chi connectivity index (χ4n) is 5.09. The first-order valence-electron chi connectivity index (χ1n) is 11.7. The fraction of sp³-hybridized carbons (Fsp3) is 0.625. The lowest BCUT2D eigenvalue weighted by Crippen LogP contribution is -2.48. The van der Waals surface area contributed by atoms with E-state index in [1.165, 1.54) is 37.4 Å². The second kappa shape index (κ2) is 10.1. The molecule has 0 spiro atoms. The van der Waals surface area contributed by atoms with Gasteiger partial charge in [-0.05, 0) is 58.1 Å². The molecule has 6 nitrogen and oxygen atoms in total. The summed E-state index contributed by atoms with van der Waals surface area (Å²) in [5, 5.41) is 3.95. The predicted octanol–water partition coefficient (Wildman–Crippen LogP) is 4.37. The Morgan fingerprint density at radius 2 is 1.74 bits per heavy atom. The van der Waals surface area contributed by atoms with Crippen molar-refractivity contribution in [3.63, 3.8) is 0 Å². The van der Waals surface area contributed by atoms with Crippen LogP contribution in [0.2, 0.25) is 0 Å². The summed E-state index contributed by atoms with van der Waals surface area (Å²) < 4.78 is 1.97. The number of aromatic nitrogens is 2. The Morgan fingerprint density at radius 3 is 2.48 bits per heavy atom. The normalized spacial score (nSPS) is 22.6. The van der Waals surface area contributed by atoms with Gasteiger partial charge in [0.25, 0.3) is 0 Å². The first-order valence-corrected chi connectivity index (χ1v) is 12.7. The lowest BCUT2D eigenvalue weighted by atomic mass is 9.95. The summed E-state index contributed by atoms with van der Waals surface area (Å²) in [6.45, 7) is 4.52. The second-order valence-electron chi connectivity index (χ2n) is 9.09. The van der Waals surface area contributed by atoms with E-state index in [9.17, 15) is 9.59 Å². The number of nitrogens with zero attached hydrogens (tertiary/aromatic N) is 3. The number of fused-ring (bicyclic) bond motifs is 1. The maximum absolute atomic E-state index is 13.0. The Morgan fingerprint density at radius 1 is 1.03 bits per heavy atom. The smallest absolute Gasteiger partial charge is 0.240 e. The summed E-state index contributed by atoms with van der Waals surface area (Å²) in [5.74, 6) is 0.541. The number of para-hydroxylation sites is 2. The molecule has 1 aliphatic heterocycles. The number of benzene rings is 1. The van der Waals surface area contributed by atoms with Crippen molar-refractivity contribution < 1.29 is 9.59 Å². The SMILES string of the molecule is C[C@@H]1CCC[C@@H](C)N1C(=O)CSc1nc2ccccc2n1CC(=O)NC1CCCCC1. The highest BCUT2D eigenvalue weighted by Crippen LogP contribution is 2.27. The minimum absolute atomic E-state index is 0.0292. The summed E-state index contributed by atoms with van der Waals surface area (Å²) in [5.41, 5.74) is 1.80. The molecule has 2 atom stereocenters. The number of rotatable bonds is 6. The molecule has 2 heterocycles. The number of likely N-dealkylation sites (tertiary alicyclic amines) is 1. The molecule has 1 aromatic heterocycles. The summed E-state index contributed by atoms with van der Waals surface area (Å²) in [7, 11) is 0. The van der Waals surface area contributed by atoms with Crippen molar-refractivity contribution in [1.82, 2.24) is 19.8 Å². The lowest BCUT2D eigenvalue weighted by Gasteiger charge is -2.39. The zero-order valence-corrected chi connectivity index (χ0v) is 19.5. The molecule has 0 unspecified atom stereocenters. The third kappa shape index (κ3) is 5.25. The van der Waals surface area contributed by atoms with Crippen molar-refractivity contribution in [3.05, 3.63) is 24.3 Å². The minimum Gasteiger partial charge on any atom is -0.352 e. The fourth-order valence-corrected chi connectivity index (χ4v) is 5.98. The number of imidazole rings is 1. The van der Waals surface area contributed by atoms with Crippen LogP contribution in [0, 0.1) is 0 Å². The van der Waals surface area contributed by atoms with E-state index in [1.807, 2.05) is 33.7 Å². The van der Waals surface area contributed by atoms with Gasteiger partial charge in [0.2, 0.25) is 11.8 Å². The number of carbonyl (C=O) groups is 2. The van der Waals surface area contributed by atoms with Gasteiger partial charge in [-0.3, -0.25) is 9.59 Å². The molecular formula is C24H34N4O2S. The number of piperidine rings is 1. The molecule has 2 aliphatic rings. The van der Waals surface area contributed by atoms with Crippen molar-refractivity contribution in [2.45, 2.75) is 95.0 Å². The maximum Gasteiger partial charge on any atom is 0.240 e. The van der Waals surface area contributed by atoms with E-state index in [4.69, 9.17) is 4.98 Å². The van der Waals surface area contributed by atoms with Gasteiger partial charge in [0, 0.05) is 18.1 Å². The molecule has 0 radical (unpaired) electrons. The van der Waals surface area contributed by atoms with Crippen LogP contribution in [-0.2, 0) is 16.1 Å². The van der Waals surface area contributed by atoms with Crippen molar-refractivity contribution >= 4 is 34.6 Å². The van der Waals surface area contributed by atoms with Gasteiger partial charge in [-0.1, -0.05) is 43.2 Å². The topological polar surface area (TPSA) is 67.2 Å². The van der Waals surface area contributed by atoms with Crippen LogP contribution in [0.25, 0.3) is 11.0 Å². The molecule has 7 heteroatoms. The van der Waals surface area contributed by atoms with Gasteiger partial charge in [0.05, 0.1) is 16.8 Å². The number of thioether (sulfide) groups is 1. The molecule has 2 aromatic rings. The zero-order chi connectivity index (χ0) is 21.8. The van der Waals surface area contributed by atoms with Gasteiger partial charge in [-0.25, -0.2) is 4.98 Å². The Bertz CT molecular complexity index is 911. The van der Waals surface area contributed by atoms with E-state index in [1.54, 1.807) is 0 Å². The molecule has 4 rings (SSSR count). The molecule has 1 N–H and O–H groups in total. The Kier molecular flexibility index (Phi) is 7.20. The van der Waals surface area contributed by atoms with Gasteiger partial charge in [0.15, 0.2) is 5.16 Å². The van der Waals surface area contributed by atoms with E-state index >= 15 is 0 Å². The largest absolute Gasteiger partial charge is 0.352 e. The van der Waals surface area contributed by atoms with Gasteiger partial charge < -0.3 is 14.8 Å². The number of hydrogen-bond acceptors (Lipinski definition) is 4. The van der Waals surface area contributed by atoms with Crippen LogP contribution in [0.4, 0.5) is 0 Å². The molecule has 1 saturated carbocycles. The van der Waals surface area contributed by atoms with Crippen molar-refractivity contribution in [2.75, 3.05) is 5.75 Å². The van der Waals surface area contributed by atoms with Crippen LogP contribution in [0.1, 0.15) is 65.2 Å². The van der Waals surface area contributed by atoms with Crippen LogP contribution >= 0.6 is 11.8 Å². The zero-order valence-electron chi connectivity index (χ0n) is 18.7. The van der Waals surface area contributed by atoms with Crippen molar-refractivity contribution in [2.24, 2.45) is 0 Å². The standard InChI is InChI=1S/C24H34N4O2S/c1-17-9-8-10-18(2)28(17)23(30)16-31-24-26-20-13-6-7-14-21(20)27(24)15-22(29)25-19-11-4-3-5-12-19/h6-7,13-14,17-19H,3-5,8-12,15-16H2,1-2H3,(H,25,29)/t17-,18-/m1/s1. The first kappa shape index (κ1) is 22.2. The molecule has 168 valence electrons. The van der Waals surface area contributed by atoms with E-state index < -0.39 is 0 Å². The predicted molar refractivity (Wildman–Crippen MR) is 125 cm³/mol.